The van der Waals surface area contributed by atoms with E-state index in [1.807, 2.05) is 0 Å². The molecule has 0 spiro atoms. The highest BCUT2D eigenvalue weighted by Crippen LogP contribution is 2.19. The first-order valence-corrected chi connectivity index (χ1v) is 18.9. The molecule has 0 unspecified atom stereocenters. The molecule has 168 valence electrons. The van der Waals surface area contributed by atoms with Crippen LogP contribution in [0.15, 0.2) is 12.2 Å². The minimum atomic E-state index is -1.54. The molecule has 2 nitrogen and oxygen atoms in total. The third-order valence-electron chi connectivity index (χ3n) is 4.73. The summed E-state index contributed by atoms with van der Waals surface area (Å²) in [4.78, 5) is 0. The minimum absolute atomic E-state index is 0.265. The van der Waals surface area contributed by atoms with Crippen LogP contribution in [-0.2, 0) is 8.85 Å². The molecule has 0 aromatic carbocycles. The van der Waals surface area contributed by atoms with Crippen LogP contribution in [0.3, 0.4) is 0 Å². The van der Waals surface area contributed by atoms with Gasteiger partial charge < -0.3 is 8.85 Å². The quantitative estimate of drug-likeness (QED) is 0.123. The van der Waals surface area contributed by atoms with Gasteiger partial charge in [-0.25, -0.2) is 0 Å². The Labute approximate surface area is 180 Å². The molecule has 0 radical (unpaired) electrons. The molecule has 0 amide bonds. The molecule has 2 atom stereocenters. The van der Waals surface area contributed by atoms with E-state index in [1.54, 1.807) is 0 Å². The summed E-state index contributed by atoms with van der Waals surface area (Å²) in [6, 6.07) is 0. The second-order valence-electron chi connectivity index (χ2n) is 10.3. The van der Waals surface area contributed by atoms with E-state index in [-0.39, 0.29) is 12.2 Å². The van der Waals surface area contributed by atoms with E-state index in [4.69, 9.17) is 8.85 Å². The van der Waals surface area contributed by atoms with Gasteiger partial charge in [-0.1, -0.05) is 90.2 Å². The van der Waals surface area contributed by atoms with Crippen molar-refractivity contribution in [3.63, 3.8) is 0 Å². The molecule has 0 aliphatic heterocycles. The van der Waals surface area contributed by atoms with E-state index in [2.05, 4.69) is 65.3 Å². The fraction of sp³-hybridized carbons (Fsp3) is 0.917. The maximum atomic E-state index is 6.50. The minimum Gasteiger partial charge on any atom is -0.411 e. The van der Waals surface area contributed by atoms with Gasteiger partial charge in [0.2, 0.25) is 0 Å². The molecule has 0 N–H and O–H groups in total. The van der Waals surface area contributed by atoms with Crippen LogP contribution in [0.25, 0.3) is 0 Å². The molecule has 0 heterocycles. The van der Waals surface area contributed by atoms with E-state index in [9.17, 15) is 0 Å². The lowest BCUT2D eigenvalue weighted by molar-refractivity contribution is 0.210. The Balaban J connectivity index is 4.74. The Morgan fingerprint density at radius 3 is 1.21 bits per heavy atom. The summed E-state index contributed by atoms with van der Waals surface area (Å²) in [5.74, 6) is 0. The van der Waals surface area contributed by atoms with Crippen LogP contribution in [0.5, 0.6) is 0 Å². The van der Waals surface area contributed by atoms with Crippen molar-refractivity contribution in [1.82, 2.24) is 0 Å². The van der Waals surface area contributed by atoms with Crippen LogP contribution in [-0.4, -0.2) is 28.8 Å². The molecule has 0 aromatic heterocycles. The molecule has 0 saturated carbocycles. The first-order chi connectivity index (χ1) is 13.1. The molecule has 4 heteroatoms. The van der Waals surface area contributed by atoms with Crippen LogP contribution in [0.4, 0.5) is 0 Å². The molecule has 0 bridgehead atoms. The molecule has 0 fully saturated rings. The van der Waals surface area contributed by atoms with Crippen molar-refractivity contribution in [2.45, 2.75) is 142 Å². The fourth-order valence-corrected chi connectivity index (χ4v) is 5.65. The lowest BCUT2D eigenvalue weighted by atomic mass is 10.1. The van der Waals surface area contributed by atoms with Crippen molar-refractivity contribution in [2.75, 3.05) is 0 Å². The van der Waals surface area contributed by atoms with Crippen LogP contribution < -0.4 is 0 Å². The van der Waals surface area contributed by atoms with E-state index in [0.717, 1.165) is 12.8 Å². The average Bonchev–Trinajstić information content (AvgIpc) is 2.56. The third-order valence-corrected chi connectivity index (χ3v) is 6.75. The Morgan fingerprint density at radius 1 is 0.536 bits per heavy atom. The number of unbranched alkanes of at least 4 members (excludes halogenated alkanes) is 8. The highest BCUT2D eigenvalue weighted by atomic mass is 28.4. The van der Waals surface area contributed by atoms with E-state index in [0.29, 0.717) is 0 Å². The van der Waals surface area contributed by atoms with Gasteiger partial charge in [-0.15, -0.1) is 0 Å². The van der Waals surface area contributed by atoms with Crippen molar-refractivity contribution in [1.29, 1.82) is 0 Å². The maximum absolute atomic E-state index is 6.50. The third kappa shape index (κ3) is 19.4. The normalized spacial score (nSPS) is 15.3. The predicted octanol–water partition coefficient (Wildman–Crippen LogP) is 8.70. The van der Waals surface area contributed by atoms with Crippen molar-refractivity contribution < 1.29 is 8.85 Å². The highest BCUT2D eigenvalue weighted by Gasteiger charge is 2.22. The van der Waals surface area contributed by atoms with Gasteiger partial charge in [0, 0.05) is 0 Å². The zero-order valence-corrected chi connectivity index (χ0v) is 22.6. The standard InChI is InChI=1S/C24H52O2Si2/c1-9-11-13-15-16-18-20-24(26-28(6,7)8)22-21-23(25-27(3,4)5)19-17-14-12-10-2/h21-24H,9-20H2,1-8H3/b22-21+/t23-,24-/m0/s1. The summed E-state index contributed by atoms with van der Waals surface area (Å²) in [6.45, 7) is 18.4. The molecule has 0 aliphatic rings. The Hall–Kier alpha value is 0.0938. The monoisotopic (exact) mass is 428 g/mol. The Kier molecular flexibility index (Phi) is 15.9. The lowest BCUT2D eigenvalue weighted by Gasteiger charge is -2.27. The lowest BCUT2D eigenvalue weighted by Crippen LogP contribution is -2.33. The Bertz CT molecular complexity index is 383. The summed E-state index contributed by atoms with van der Waals surface area (Å²) >= 11 is 0. The summed E-state index contributed by atoms with van der Waals surface area (Å²) in [6.07, 6.45) is 20.8. The maximum Gasteiger partial charge on any atom is 0.184 e. The van der Waals surface area contributed by atoms with Gasteiger partial charge >= 0.3 is 0 Å². The number of hydrogen-bond donors (Lipinski definition) is 0. The molecular weight excluding hydrogens is 376 g/mol. The second kappa shape index (κ2) is 15.9. The van der Waals surface area contributed by atoms with Gasteiger partial charge in [-0.2, -0.15) is 0 Å². The van der Waals surface area contributed by atoms with Gasteiger partial charge in [0.25, 0.3) is 0 Å². The van der Waals surface area contributed by atoms with E-state index in [1.165, 1.54) is 64.2 Å². The highest BCUT2D eigenvalue weighted by molar-refractivity contribution is 6.70. The largest absolute Gasteiger partial charge is 0.411 e. The van der Waals surface area contributed by atoms with Crippen molar-refractivity contribution in [3.8, 4) is 0 Å². The van der Waals surface area contributed by atoms with Crippen molar-refractivity contribution >= 4 is 16.6 Å². The predicted molar refractivity (Wildman–Crippen MR) is 132 cm³/mol. The van der Waals surface area contributed by atoms with E-state index < -0.39 is 16.6 Å². The van der Waals surface area contributed by atoms with Gasteiger partial charge in [0.1, 0.15) is 0 Å². The summed E-state index contributed by atoms with van der Waals surface area (Å²) in [5, 5.41) is 0. The summed E-state index contributed by atoms with van der Waals surface area (Å²) in [7, 11) is -3.07. The van der Waals surface area contributed by atoms with Crippen molar-refractivity contribution in [2.24, 2.45) is 0 Å². The number of rotatable bonds is 18. The fourth-order valence-electron chi connectivity index (χ4n) is 3.44. The van der Waals surface area contributed by atoms with Gasteiger partial charge in [-0.05, 0) is 52.1 Å². The van der Waals surface area contributed by atoms with Gasteiger partial charge in [0.05, 0.1) is 12.2 Å². The topological polar surface area (TPSA) is 18.5 Å². The Morgan fingerprint density at radius 2 is 0.857 bits per heavy atom. The first-order valence-electron chi connectivity index (χ1n) is 12.1. The van der Waals surface area contributed by atoms with Gasteiger partial charge in [0.15, 0.2) is 16.6 Å². The molecule has 0 aromatic rings. The second-order valence-corrected chi connectivity index (χ2v) is 19.2. The van der Waals surface area contributed by atoms with Crippen LogP contribution in [0, 0.1) is 0 Å². The summed E-state index contributed by atoms with van der Waals surface area (Å²) < 4.78 is 13.0. The van der Waals surface area contributed by atoms with Crippen molar-refractivity contribution in [3.05, 3.63) is 12.2 Å². The molecule has 0 rings (SSSR count). The average molecular weight is 429 g/mol. The summed E-state index contributed by atoms with van der Waals surface area (Å²) in [5.41, 5.74) is 0. The van der Waals surface area contributed by atoms with E-state index >= 15 is 0 Å². The smallest absolute Gasteiger partial charge is 0.184 e. The first kappa shape index (κ1) is 28.1. The SMILES string of the molecule is CCCCCCCC[C@@H](/C=C/[C@H](CCCCCC)O[Si](C)(C)C)O[Si](C)(C)C. The van der Waals surface area contributed by atoms with Gasteiger partial charge in [-0.3, -0.25) is 0 Å². The van der Waals surface area contributed by atoms with Crippen LogP contribution in [0.1, 0.15) is 90.9 Å². The van der Waals surface area contributed by atoms with Crippen LogP contribution in [0.2, 0.25) is 39.3 Å². The zero-order valence-electron chi connectivity index (χ0n) is 20.6. The molecular formula is C24H52O2Si2. The zero-order chi connectivity index (χ0) is 21.5. The van der Waals surface area contributed by atoms with Crippen LogP contribution >= 0.6 is 0 Å². The number of hydrogen-bond acceptors (Lipinski definition) is 2. The molecule has 28 heavy (non-hydrogen) atoms. The molecule has 0 saturated heterocycles. The molecule has 0 aliphatic carbocycles.